The quantitative estimate of drug-likeness (QED) is 0.868. The van der Waals surface area contributed by atoms with E-state index >= 15 is 0 Å². The topological polar surface area (TPSA) is 41.1 Å². The van der Waals surface area contributed by atoms with Gasteiger partial charge in [0.1, 0.15) is 0 Å². The molecule has 2 aromatic carbocycles. The first-order valence-electron chi connectivity index (χ1n) is 8.25. The molecule has 0 radical (unpaired) electrons. The van der Waals surface area contributed by atoms with Crippen LogP contribution in [0.2, 0.25) is 5.02 Å². The molecule has 3 nitrogen and oxygen atoms in total. The van der Waals surface area contributed by atoms with Crippen LogP contribution in [0, 0.1) is 5.92 Å². The highest BCUT2D eigenvalue weighted by atomic mass is 35.5. The molecule has 0 spiro atoms. The van der Waals surface area contributed by atoms with E-state index in [1.165, 1.54) is 6.42 Å². The third-order valence-electron chi connectivity index (χ3n) is 4.79. The van der Waals surface area contributed by atoms with Gasteiger partial charge in [-0.05, 0) is 67.8 Å². The van der Waals surface area contributed by atoms with E-state index in [0.29, 0.717) is 11.6 Å². The van der Waals surface area contributed by atoms with Gasteiger partial charge in [0.05, 0.1) is 0 Å². The minimum absolute atomic E-state index is 0.0219. The summed E-state index contributed by atoms with van der Waals surface area (Å²) in [5.74, 6) is 0.755. The normalized spacial score (nSPS) is 25.0. The summed E-state index contributed by atoms with van der Waals surface area (Å²) in [7, 11) is 0. The Kier molecular flexibility index (Phi) is 4.53. The summed E-state index contributed by atoms with van der Waals surface area (Å²) in [6, 6.07) is 16.3. The Balaban J connectivity index is 1.39. The number of amides is 1. The lowest BCUT2D eigenvalue weighted by Gasteiger charge is -2.24. The van der Waals surface area contributed by atoms with E-state index in [2.05, 4.69) is 10.6 Å². The lowest BCUT2D eigenvalue weighted by molar-refractivity contribution is 0.0928. The van der Waals surface area contributed by atoms with Gasteiger partial charge in [0.25, 0.3) is 5.91 Å². The number of carbonyl (C=O) groups excluding carboxylic acids is 1. The molecule has 1 saturated carbocycles. The molecule has 3 atom stereocenters. The summed E-state index contributed by atoms with van der Waals surface area (Å²) >= 11 is 7.65. The standard InChI is InChI=1S/C19H19ClN2OS/c20-14-2-1-3-16(10-14)24-15-6-4-13(5-7-15)19(23)22-18-9-12-8-17(18)21-11-12/h1-7,10,12,17-18,21H,8-9,11H2,(H,22,23). The Morgan fingerprint density at radius 3 is 2.62 bits per heavy atom. The fraction of sp³-hybridized carbons (Fsp3) is 0.316. The Labute approximate surface area is 151 Å². The zero-order valence-electron chi connectivity index (χ0n) is 13.2. The predicted molar refractivity (Wildman–Crippen MR) is 97.8 cm³/mol. The molecule has 2 aliphatic rings. The number of hydrogen-bond acceptors (Lipinski definition) is 3. The van der Waals surface area contributed by atoms with Crippen molar-refractivity contribution >= 4 is 29.3 Å². The molecule has 5 heteroatoms. The van der Waals surface area contributed by atoms with E-state index in [1.807, 2.05) is 48.5 Å². The summed E-state index contributed by atoms with van der Waals surface area (Å²) < 4.78 is 0. The molecule has 1 saturated heterocycles. The average Bonchev–Trinajstić information content (AvgIpc) is 3.18. The van der Waals surface area contributed by atoms with Gasteiger partial charge in [-0.2, -0.15) is 0 Å². The van der Waals surface area contributed by atoms with Crippen molar-refractivity contribution in [3.05, 3.63) is 59.1 Å². The van der Waals surface area contributed by atoms with Gasteiger partial charge in [0.15, 0.2) is 0 Å². The molecule has 4 rings (SSSR count). The largest absolute Gasteiger partial charge is 0.348 e. The maximum Gasteiger partial charge on any atom is 0.251 e. The molecule has 24 heavy (non-hydrogen) atoms. The van der Waals surface area contributed by atoms with Crippen LogP contribution >= 0.6 is 23.4 Å². The fourth-order valence-electron chi connectivity index (χ4n) is 3.61. The van der Waals surface area contributed by atoms with E-state index < -0.39 is 0 Å². The molecule has 0 aromatic heterocycles. The maximum atomic E-state index is 12.4. The van der Waals surface area contributed by atoms with Crippen molar-refractivity contribution in [2.45, 2.75) is 34.7 Å². The second kappa shape index (κ2) is 6.79. The van der Waals surface area contributed by atoms with E-state index in [0.717, 1.165) is 33.7 Å². The van der Waals surface area contributed by atoms with Gasteiger partial charge in [0, 0.05) is 32.5 Å². The lowest BCUT2D eigenvalue weighted by atomic mass is 10.1. The van der Waals surface area contributed by atoms with Gasteiger partial charge < -0.3 is 10.6 Å². The number of benzene rings is 2. The predicted octanol–water partition coefficient (Wildman–Crippen LogP) is 3.97. The van der Waals surface area contributed by atoms with Crippen molar-refractivity contribution in [1.82, 2.24) is 10.6 Å². The third kappa shape index (κ3) is 3.46. The summed E-state index contributed by atoms with van der Waals surface area (Å²) in [4.78, 5) is 14.6. The molecule has 3 unspecified atom stereocenters. The highest BCUT2D eigenvalue weighted by Crippen LogP contribution is 2.32. The Morgan fingerprint density at radius 1 is 1.12 bits per heavy atom. The average molecular weight is 359 g/mol. The Morgan fingerprint density at radius 2 is 1.96 bits per heavy atom. The van der Waals surface area contributed by atoms with Crippen molar-refractivity contribution in [1.29, 1.82) is 0 Å². The number of fused-ring (bicyclic) bond motifs is 2. The minimum Gasteiger partial charge on any atom is -0.348 e. The smallest absolute Gasteiger partial charge is 0.251 e. The summed E-state index contributed by atoms with van der Waals surface area (Å²) in [6.45, 7) is 1.10. The van der Waals surface area contributed by atoms with Crippen LogP contribution in [0.15, 0.2) is 58.3 Å². The molecule has 2 N–H and O–H groups in total. The summed E-state index contributed by atoms with van der Waals surface area (Å²) in [5, 5.41) is 7.38. The number of nitrogens with one attached hydrogen (secondary N) is 2. The van der Waals surface area contributed by atoms with Gasteiger partial charge in [-0.1, -0.05) is 29.4 Å². The van der Waals surface area contributed by atoms with Crippen molar-refractivity contribution < 1.29 is 4.79 Å². The minimum atomic E-state index is 0.0219. The zero-order chi connectivity index (χ0) is 16.5. The SMILES string of the molecule is O=C(NC1CC2CNC1C2)c1ccc(Sc2cccc(Cl)c2)cc1. The fourth-order valence-corrected chi connectivity index (χ4v) is 4.74. The van der Waals surface area contributed by atoms with Gasteiger partial charge >= 0.3 is 0 Å². The maximum absolute atomic E-state index is 12.4. The third-order valence-corrected chi connectivity index (χ3v) is 6.03. The van der Waals surface area contributed by atoms with Crippen LogP contribution in [-0.2, 0) is 0 Å². The molecule has 2 aromatic rings. The summed E-state index contributed by atoms with van der Waals surface area (Å²) in [6.07, 6.45) is 2.30. The molecule has 1 heterocycles. The van der Waals surface area contributed by atoms with Gasteiger partial charge in [-0.3, -0.25) is 4.79 Å². The van der Waals surface area contributed by atoms with E-state index in [1.54, 1.807) is 11.8 Å². The monoisotopic (exact) mass is 358 g/mol. The first-order chi connectivity index (χ1) is 11.7. The molecular formula is C19H19ClN2OS. The van der Waals surface area contributed by atoms with Crippen LogP contribution in [-0.4, -0.2) is 24.5 Å². The summed E-state index contributed by atoms with van der Waals surface area (Å²) in [5.41, 5.74) is 0.716. The first kappa shape index (κ1) is 16.0. The van der Waals surface area contributed by atoms with Gasteiger partial charge in [-0.25, -0.2) is 0 Å². The Bertz CT molecular complexity index is 749. The van der Waals surface area contributed by atoms with E-state index in [-0.39, 0.29) is 11.9 Å². The number of hydrogen-bond donors (Lipinski definition) is 2. The molecule has 1 aliphatic heterocycles. The Hall–Kier alpha value is -1.49. The highest BCUT2D eigenvalue weighted by Gasteiger charge is 2.39. The molecule has 2 fully saturated rings. The highest BCUT2D eigenvalue weighted by molar-refractivity contribution is 7.99. The number of carbonyl (C=O) groups is 1. The number of rotatable bonds is 4. The molecule has 1 aliphatic carbocycles. The molecule has 2 bridgehead atoms. The number of piperidine rings is 1. The van der Waals surface area contributed by atoms with Gasteiger partial charge in [0.2, 0.25) is 0 Å². The number of halogens is 1. The molecule has 124 valence electrons. The van der Waals surface area contributed by atoms with Crippen LogP contribution in [0.4, 0.5) is 0 Å². The molecular weight excluding hydrogens is 340 g/mol. The van der Waals surface area contributed by atoms with Crippen molar-refractivity contribution in [2.75, 3.05) is 6.54 Å². The zero-order valence-corrected chi connectivity index (χ0v) is 14.7. The van der Waals surface area contributed by atoms with Crippen molar-refractivity contribution in [2.24, 2.45) is 5.92 Å². The van der Waals surface area contributed by atoms with Gasteiger partial charge in [-0.15, -0.1) is 0 Å². The van der Waals surface area contributed by atoms with E-state index in [9.17, 15) is 4.79 Å². The first-order valence-corrected chi connectivity index (χ1v) is 9.44. The lowest BCUT2D eigenvalue weighted by Crippen LogP contribution is -2.47. The van der Waals surface area contributed by atoms with E-state index in [4.69, 9.17) is 11.6 Å². The van der Waals surface area contributed by atoms with Crippen LogP contribution in [0.1, 0.15) is 23.2 Å². The second-order valence-electron chi connectivity index (χ2n) is 6.52. The van der Waals surface area contributed by atoms with Crippen molar-refractivity contribution in [3.63, 3.8) is 0 Å². The van der Waals surface area contributed by atoms with Crippen LogP contribution in [0.5, 0.6) is 0 Å². The van der Waals surface area contributed by atoms with Crippen LogP contribution in [0.3, 0.4) is 0 Å². The van der Waals surface area contributed by atoms with Crippen molar-refractivity contribution in [3.8, 4) is 0 Å². The second-order valence-corrected chi connectivity index (χ2v) is 8.10. The van der Waals surface area contributed by atoms with Crippen LogP contribution < -0.4 is 10.6 Å². The molecule has 1 amide bonds. The van der Waals surface area contributed by atoms with Crippen LogP contribution in [0.25, 0.3) is 0 Å².